The van der Waals surface area contributed by atoms with Gasteiger partial charge in [-0.15, -0.1) is 0 Å². The highest BCUT2D eigenvalue weighted by Gasteiger charge is 2.05. The molecule has 18 heavy (non-hydrogen) atoms. The predicted octanol–water partition coefficient (Wildman–Crippen LogP) is 0.523. The van der Waals surface area contributed by atoms with Crippen molar-refractivity contribution < 1.29 is 9.90 Å². The monoisotopic (exact) mass is 247 g/mol. The van der Waals surface area contributed by atoms with Crippen LogP contribution in [0.1, 0.15) is 16.1 Å². The molecule has 0 saturated heterocycles. The maximum absolute atomic E-state index is 11.6. The lowest BCUT2D eigenvalue weighted by atomic mass is 10.2. The molecule has 0 spiro atoms. The molecule has 94 valence electrons. The summed E-state index contributed by atoms with van der Waals surface area (Å²) in [6.45, 7) is 0.414. The van der Waals surface area contributed by atoms with Crippen molar-refractivity contribution in [1.29, 1.82) is 0 Å². The average Bonchev–Trinajstić information content (AvgIpc) is 2.74. The minimum Gasteiger partial charge on any atom is -0.478 e. The molecule has 6 nitrogen and oxygen atoms in total. The standard InChI is InChI=1S/C12H13N3O3/c1-14-6-4-10(13-14)5-7-15-8-9(12(17)18)2-3-11(15)16/h2-4,6,8H,5,7H2,1H3,(H,17,18). The normalized spacial score (nSPS) is 10.5. The maximum Gasteiger partial charge on any atom is 0.337 e. The molecule has 0 bridgehead atoms. The summed E-state index contributed by atoms with van der Waals surface area (Å²) in [6.07, 6.45) is 3.77. The zero-order valence-corrected chi connectivity index (χ0v) is 9.91. The first-order valence-electron chi connectivity index (χ1n) is 5.48. The van der Waals surface area contributed by atoms with Gasteiger partial charge in [-0.2, -0.15) is 5.10 Å². The van der Waals surface area contributed by atoms with Crippen molar-refractivity contribution >= 4 is 5.97 Å². The first-order chi connectivity index (χ1) is 8.56. The Balaban J connectivity index is 2.16. The number of aromatic nitrogens is 3. The molecule has 2 aromatic rings. The summed E-state index contributed by atoms with van der Waals surface area (Å²) in [4.78, 5) is 22.4. The zero-order chi connectivity index (χ0) is 13.1. The van der Waals surface area contributed by atoms with E-state index in [0.29, 0.717) is 13.0 Å². The molecule has 0 aliphatic heterocycles. The van der Waals surface area contributed by atoms with E-state index in [1.165, 1.54) is 22.9 Å². The molecular formula is C12H13N3O3. The Morgan fingerprint density at radius 1 is 1.39 bits per heavy atom. The van der Waals surface area contributed by atoms with Gasteiger partial charge >= 0.3 is 5.97 Å². The van der Waals surface area contributed by atoms with Gasteiger partial charge in [0.15, 0.2) is 0 Å². The number of carboxylic acid groups (broad SMARTS) is 1. The fourth-order valence-electron chi connectivity index (χ4n) is 1.66. The quantitative estimate of drug-likeness (QED) is 0.854. The predicted molar refractivity (Wildman–Crippen MR) is 64.6 cm³/mol. The largest absolute Gasteiger partial charge is 0.478 e. The number of pyridine rings is 1. The van der Waals surface area contributed by atoms with Gasteiger partial charge in [0.1, 0.15) is 0 Å². The van der Waals surface area contributed by atoms with Gasteiger partial charge in [0, 0.05) is 38.5 Å². The van der Waals surface area contributed by atoms with Gasteiger partial charge in [-0.1, -0.05) is 0 Å². The van der Waals surface area contributed by atoms with Crippen molar-refractivity contribution in [1.82, 2.24) is 14.3 Å². The highest BCUT2D eigenvalue weighted by atomic mass is 16.4. The molecule has 0 radical (unpaired) electrons. The van der Waals surface area contributed by atoms with Gasteiger partial charge in [0.05, 0.1) is 11.3 Å². The molecule has 0 saturated carbocycles. The first kappa shape index (κ1) is 12.1. The van der Waals surface area contributed by atoms with Crippen LogP contribution in [0.5, 0.6) is 0 Å². The summed E-state index contributed by atoms with van der Waals surface area (Å²) in [6, 6.07) is 4.44. The van der Waals surface area contributed by atoms with E-state index in [1.807, 2.05) is 19.3 Å². The molecule has 6 heteroatoms. The zero-order valence-electron chi connectivity index (χ0n) is 9.91. The molecule has 0 atom stereocenters. The van der Waals surface area contributed by atoms with E-state index in [0.717, 1.165) is 5.69 Å². The molecule has 1 N–H and O–H groups in total. The van der Waals surface area contributed by atoms with Crippen molar-refractivity contribution in [2.45, 2.75) is 13.0 Å². The van der Waals surface area contributed by atoms with Crippen LogP contribution in [0, 0.1) is 0 Å². The summed E-state index contributed by atoms with van der Waals surface area (Å²) < 4.78 is 3.07. The number of rotatable bonds is 4. The van der Waals surface area contributed by atoms with E-state index in [1.54, 1.807) is 4.68 Å². The second kappa shape index (κ2) is 4.87. The molecule has 0 aliphatic rings. The molecule has 0 aliphatic carbocycles. The number of aryl methyl sites for hydroxylation is 3. The molecular weight excluding hydrogens is 234 g/mol. The Bertz CT molecular complexity index is 627. The van der Waals surface area contributed by atoms with Gasteiger partial charge in [0.25, 0.3) is 5.56 Å². The summed E-state index contributed by atoms with van der Waals surface area (Å²) in [5.74, 6) is -1.04. The third-order valence-corrected chi connectivity index (χ3v) is 2.61. The smallest absolute Gasteiger partial charge is 0.337 e. The van der Waals surface area contributed by atoms with Crippen LogP contribution in [-0.2, 0) is 20.0 Å². The Morgan fingerprint density at radius 2 is 2.17 bits per heavy atom. The van der Waals surface area contributed by atoms with Crippen LogP contribution in [0.25, 0.3) is 0 Å². The molecule has 0 fully saturated rings. The average molecular weight is 247 g/mol. The van der Waals surface area contributed by atoms with Crippen molar-refractivity contribution in [3.05, 3.63) is 52.2 Å². The lowest BCUT2D eigenvalue weighted by Gasteiger charge is -2.05. The maximum atomic E-state index is 11.6. The van der Waals surface area contributed by atoms with Gasteiger partial charge in [-0.25, -0.2) is 4.79 Å². The van der Waals surface area contributed by atoms with E-state index < -0.39 is 5.97 Å². The van der Waals surface area contributed by atoms with E-state index in [-0.39, 0.29) is 11.1 Å². The number of nitrogens with zero attached hydrogens (tertiary/aromatic N) is 3. The van der Waals surface area contributed by atoms with Crippen LogP contribution in [0.2, 0.25) is 0 Å². The molecule has 0 amide bonds. The summed E-state index contributed by atoms with van der Waals surface area (Å²) in [5.41, 5.74) is 0.761. The number of aromatic carboxylic acids is 1. The molecule has 2 rings (SSSR count). The van der Waals surface area contributed by atoms with E-state index in [2.05, 4.69) is 5.10 Å². The topological polar surface area (TPSA) is 77.1 Å². The fourth-order valence-corrected chi connectivity index (χ4v) is 1.66. The molecule has 2 aromatic heterocycles. The van der Waals surface area contributed by atoms with Crippen LogP contribution in [0.3, 0.4) is 0 Å². The highest BCUT2D eigenvalue weighted by Crippen LogP contribution is 2.00. The second-order valence-corrected chi connectivity index (χ2v) is 3.99. The SMILES string of the molecule is Cn1ccc(CCn2cc(C(=O)O)ccc2=O)n1. The van der Waals surface area contributed by atoms with Crippen molar-refractivity contribution in [2.24, 2.45) is 7.05 Å². The number of hydrogen-bond acceptors (Lipinski definition) is 3. The van der Waals surface area contributed by atoms with Gasteiger partial charge in [-0.05, 0) is 12.1 Å². The van der Waals surface area contributed by atoms with Crippen molar-refractivity contribution in [3.8, 4) is 0 Å². The van der Waals surface area contributed by atoms with E-state index >= 15 is 0 Å². The Morgan fingerprint density at radius 3 is 2.78 bits per heavy atom. The number of hydrogen-bond donors (Lipinski definition) is 1. The van der Waals surface area contributed by atoms with Crippen LogP contribution in [0.15, 0.2) is 35.4 Å². The minimum absolute atomic E-state index is 0.107. The van der Waals surface area contributed by atoms with E-state index in [4.69, 9.17) is 5.11 Å². The van der Waals surface area contributed by atoms with Gasteiger partial charge in [-0.3, -0.25) is 9.48 Å². The Hall–Kier alpha value is -2.37. The van der Waals surface area contributed by atoms with Crippen LogP contribution in [-0.4, -0.2) is 25.4 Å². The fraction of sp³-hybridized carbons (Fsp3) is 0.250. The second-order valence-electron chi connectivity index (χ2n) is 3.99. The molecule has 0 aromatic carbocycles. The van der Waals surface area contributed by atoms with Gasteiger partial charge in [0.2, 0.25) is 0 Å². The molecule has 0 unspecified atom stereocenters. The third kappa shape index (κ3) is 2.65. The Labute approximate surface area is 103 Å². The van der Waals surface area contributed by atoms with Crippen molar-refractivity contribution in [3.63, 3.8) is 0 Å². The summed E-state index contributed by atoms with van der Waals surface area (Å²) in [5, 5.41) is 13.1. The molecule has 2 heterocycles. The lowest BCUT2D eigenvalue weighted by Crippen LogP contribution is -2.21. The highest BCUT2D eigenvalue weighted by molar-refractivity contribution is 5.87. The summed E-state index contributed by atoms with van der Waals surface area (Å²) in [7, 11) is 1.82. The number of carboxylic acids is 1. The first-order valence-corrected chi connectivity index (χ1v) is 5.48. The van der Waals surface area contributed by atoms with Crippen LogP contribution < -0.4 is 5.56 Å². The third-order valence-electron chi connectivity index (χ3n) is 2.61. The lowest BCUT2D eigenvalue weighted by molar-refractivity contribution is 0.0696. The van der Waals surface area contributed by atoms with Gasteiger partial charge < -0.3 is 9.67 Å². The minimum atomic E-state index is -1.04. The Kier molecular flexibility index (Phi) is 3.27. The van der Waals surface area contributed by atoms with E-state index in [9.17, 15) is 9.59 Å². The summed E-state index contributed by atoms with van der Waals surface area (Å²) >= 11 is 0. The van der Waals surface area contributed by atoms with Crippen LogP contribution in [0.4, 0.5) is 0 Å². The van der Waals surface area contributed by atoms with Crippen LogP contribution >= 0.6 is 0 Å². The van der Waals surface area contributed by atoms with Crippen molar-refractivity contribution in [2.75, 3.05) is 0 Å². The number of carbonyl (C=O) groups is 1.